The van der Waals surface area contributed by atoms with Gasteiger partial charge in [-0.05, 0) is 24.1 Å². The van der Waals surface area contributed by atoms with Gasteiger partial charge in [0.15, 0.2) is 0 Å². The average Bonchev–Trinajstić information content (AvgIpc) is 2.84. The Bertz CT molecular complexity index is 632. The Labute approximate surface area is 117 Å². The minimum atomic E-state index is -3.58. The summed E-state index contributed by atoms with van der Waals surface area (Å²) in [6.07, 6.45) is 1.33. The van der Waals surface area contributed by atoms with Crippen LogP contribution in [-0.2, 0) is 21.2 Å². The van der Waals surface area contributed by atoms with E-state index in [0.717, 1.165) is 5.56 Å². The standard InChI is InChI=1S/C13H15N3O3S/c14-8-7-10-1-4-12(5-2-10)20(18,19)15-9-11-3-6-13(17)16-11/h1-2,4-5,11,15H,3,6-7,9H2,(H,16,17). The molecular formula is C13H15N3O3S. The van der Waals surface area contributed by atoms with Gasteiger partial charge in [-0.1, -0.05) is 12.1 Å². The molecule has 0 radical (unpaired) electrons. The van der Waals surface area contributed by atoms with Gasteiger partial charge in [0.2, 0.25) is 15.9 Å². The number of rotatable bonds is 5. The second-order valence-electron chi connectivity index (χ2n) is 4.63. The van der Waals surface area contributed by atoms with Crippen LogP contribution in [0.2, 0.25) is 0 Å². The molecule has 2 rings (SSSR count). The van der Waals surface area contributed by atoms with Gasteiger partial charge in [-0.2, -0.15) is 5.26 Å². The van der Waals surface area contributed by atoms with E-state index in [4.69, 9.17) is 5.26 Å². The molecular weight excluding hydrogens is 278 g/mol. The molecule has 1 saturated heterocycles. The minimum absolute atomic E-state index is 0.0462. The van der Waals surface area contributed by atoms with Gasteiger partial charge >= 0.3 is 0 Å². The normalized spacial score (nSPS) is 18.6. The third-order valence-corrected chi connectivity index (χ3v) is 4.56. The first-order valence-corrected chi connectivity index (χ1v) is 7.74. The number of amides is 1. The first kappa shape index (κ1) is 14.5. The lowest BCUT2D eigenvalue weighted by molar-refractivity contribution is -0.119. The van der Waals surface area contributed by atoms with Crippen LogP contribution in [-0.4, -0.2) is 26.9 Å². The minimum Gasteiger partial charge on any atom is -0.352 e. The number of sulfonamides is 1. The van der Waals surface area contributed by atoms with Crippen LogP contribution in [0.25, 0.3) is 0 Å². The van der Waals surface area contributed by atoms with Gasteiger partial charge in [0.05, 0.1) is 17.4 Å². The van der Waals surface area contributed by atoms with Crippen LogP contribution in [0, 0.1) is 11.3 Å². The monoisotopic (exact) mass is 293 g/mol. The average molecular weight is 293 g/mol. The van der Waals surface area contributed by atoms with Crippen molar-refractivity contribution in [1.29, 1.82) is 5.26 Å². The van der Waals surface area contributed by atoms with Crippen LogP contribution in [0.1, 0.15) is 18.4 Å². The zero-order valence-electron chi connectivity index (χ0n) is 10.8. The Morgan fingerprint density at radius 2 is 2.05 bits per heavy atom. The fourth-order valence-electron chi connectivity index (χ4n) is 2.00. The molecule has 0 saturated carbocycles. The Kier molecular flexibility index (Phi) is 4.37. The van der Waals surface area contributed by atoms with Crippen molar-refractivity contribution in [3.05, 3.63) is 29.8 Å². The molecule has 1 aliphatic heterocycles. The number of nitrogens with one attached hydrogen (secondary N) is 2. The summed E-state index contributed by atoms with van der Waals surface area (Å²) in [6.45, 7) is 0.189. The molecule has 1 unspecified atom stereocenters. The molecule has 0 aromatic heterocycles. The smallest absolute Gasteiger partial charge is 0.240 e. The third kappa shape index (κ3) is 3.56. The Balaban J connectivity index is 1.99. The summed E-state index contributed by atoms with van der Waals surface area (Å²) in [4.78, 5) is 11.2. The predicted octanol–water partition coefficient (Wildman–Crippen LogP) is 0.310. The van der Waals surface area contributed by atoms with Crippen molar-refractivity contribution in [3.63, 3.8) is 0 Å². The molecule has 0 bridgehead atoms. The molecule has 1 aliphatic rings. The van der Waals surface area contributed by atoms with Crippen molar-refractivity contribution in [2.45, 2.75) is 30.2 Å². The number of carbonyl (C=O) groups excluding carboxylic acids is 1. The van der Waals surface area contributed by atoms with Crippen LogP contribution >= 0.6 is 0 Å². The Morgan fingerprint density at radius 1 is 1.35 bits per heavy atom. The van der Waals surface area contributed by atoms with Crippen LogP contribution in [0.4, 0.5) is 0 Å². The van der Waals surface area contributed by atoms with Crippen molar-refractivity contribution in [3.8, 4) is 6.07 Å². The first-order valence-electron chi connectivity index (χ1n) is 6.26. The number of benzene rings is 1. The number of hydrogen-bond donors (Lipinski definition) is 2. The molecule has 6 nitrogen and oxygen atoms in total. The summed E-state index contributed by atoms with van der Waals surface area (Å²) in [5, 5.41) is 11.3. The second kappa shape index (κ2) is 6.03. The predicted molar refractivity (Wildman–Crippen MR) is 72.1 cm³/mol. The van der Waals surface area contributed by atoms with E-state index in [2.05, 4.69) is 10.0 Å². The maximum absolute atomic E-state index is 12.1. The van der Waals surface area contributed by atoms with Crippen molar-refractivity contribution >= 4 is 15.9 Å². The molecule has 1 amide bonds. The van der Waals surface area contributed by atoms with Crippen LogP contribution < -0.4 is 10.0 Å². The molecule has 1 atom stereocenters. The topological polar surface area (TPSA) is 99.1 Å². The zero-order chi connectivity index (χ0) is 14.6. The first-order chi connectivity index (χ1) is 9.51. The van der Waals surface area contributed by atoms with E-state index >= 15 is 0 Å². The lowest BCUT2D eigenvalue weighted by Gasteiger charge is -2.12. The van der Waals surface area contributed by atoms with Crippen molar-refractivity contribution in [2.75, 3.05) is 6.54 Å². The number of carbonyl (C=O) groups is 1. The number of hydrogen-bond acceptors (Lipinski definition) is 4. The Hall–Kier alpha value is -1.91. The molecule has 1 aromatic rings. The highest BCUT2D eigenvalue weighted by molar-refractivity contribution is 7.89. The van der Waals surface area contributed by atoms with Gasteiger partial charge in [0.25, 0.3) is 0 Å². The van der Waals surface area contributed by atoms with Crippen LogP contribution in [0.15, 0.2) is 29.2 Å². The van der Waals surface area contributed by atoms with Gasteiger partial charge in [-0.25, -0.2) is 13.1 Å². The summed E-state index contributed by atoms with van der Waals surface area (Å²) in [5.74, 6) is -0.0462. The maximum atomic E-state index is 12.1. The second-order valence-corrected chi connectivity index (χ2v) is 6.40. The number of nitriles is 1. The van der Waals surface area contributed by atoms with E-state index in [1.54, 1.807) is 12.1 Å². The number of nitrogens with zero attached hydrogens (tertiary/aromatic N) is 1. The van der Waals surface area contributed by atoms with Gasteiger partial charge in [-0.15, -0.1) is 0 Å². The molecule has 106 valence electrons. The Morgan fingerprint density at radius 3 is 2.60 bits per heavy atom. The van der Waals surface area contributed by atoms with E-state index in [9.17, 15) is 13.2 Å². The van der Waals surface area contributed by atoms with Crippen molar-refractivity contribution in [1.82, 2.24) is 10.0 Å². The SMILES string of the molecule is N#CCc1ccc(S(=O)(=O)NCC2CCC(=O)N2)cc1. The lowest BCUT2D eigenvalue weighted by atomic mass is 10.2. The van der Waals surface area contributed by atoms with E-state index < -0.39 is 10.0 Å². The highest BCUT2D eigenvalue weighted by Crippen LogP contribution is 2.12. The van der Waals surface area contributed by atoms with Gasteiger partial charge in [-0.3, -0.25) is 4.79 Å². The maximum Gasteiger partial charge on any atom is 0.240 e. The largest absolute Gasteiger partial charge is 0.352 e. The van der Waals surface area contributed by atoms with Crippen molar-refractivity contribution in [2.24, 2.45) is 0 Å². The highest BCUT2D eigenvalue weighted by Gasteiger charge is 2.23. The van der Waals surface area contributed by atoms with E-state index in [0.29, 0.717) is 12.8 Å². The van der Waals surface area contributed by atoms with Gasteiger partial charge < -0.3 is 5.32 Å². The molecule has 7 heteroatoms. The lowest BCUT2D eigenvalue weighted by Crippen LogP contribution is -2.38. The summed E-state index contributed by atoms with van der Waals surface area (Å²) in [7, 11) is -3.58. The summed E-state index contributed by atoms with van der Waals surface area (Å²) < 4.78 is 26.6. The fraction of sp³-hybridized carbons (Fsp3) is 0.385. The summed E-state index contributed by atoms with van der Waals surface area (Å²) >= 11 is 0. The molecule has 20 heavy (non-hydrogen) atoms. The molecule has 2 N–H and O–H groups in total. The van der Waals surface area contributed by atoms with Crippen LogP contribution in [0.5, 0.6) is 0 Å². The molecule has 0 spiro atoms. The van der Waals surface area contributed by atoms with Crippen molar-refractivity contribution < 1.29 is 13.2 Å². The quantitative estimate of drug-likeness (QED) is 0.816. The van der Waals surface area contributed by atoms with E-state index in [-0.39, 0.29) is 29.8 Å². The van der Waals surface area contributed by atoms with Crippen LogP contribution in [0.3, 0.4) is 0 Å². The molecule has 1 aromatic carbocycles. The summed E-state index contributed by atoms with van der Waals surface area (Å²) in [6, 6.07) is 8.05. The zero-order valence-corrected chi connectivity index (χ0v) is 11.6. The molecule has 1 heterocycles. The summed E-state index contributed by atoms with van der Waals surface area (Å²) in [5.41, 5.74) is 0.773. The highest BCUT2D eigenvalue weighted by atomic mass is 32.2. The molecule has 1 fully saturated rings. The van der Waals surface area contributed by atoms with E-state index in [1.807, 2.05) is 6.07 Å². The molecule has 0 aliphatic carbocycles. The van der Waals surface area contributed by atoms with Gasteiger partial charge in [0.1, 0.15) is 0 Å². The third-order valence-electron chi connectivity index (χ3n) is 3.12. The van der Waals surface area contributed by atoms with Gasteiger partial charge in [0, 0.05) is 19.0 Å². The van der Waals surface area contributed by atoms with E-state index in [1.165, 1.54) is 12.1 Å². The fourth-order valence-corrected chi connectivity index (χ4v) is 3.08.